The molecule has 0 atom stereocenters. The van der Waals surface area contributed by atoms with Crippen molar-refractivity contribution in [3.63, 3.8) is 0 Å². The summed E-state index contributed by atoms with van der Waals surface area (Å²) in [5.74, 6) is -0.635. The van der Waals surface area contributed by atoms with E-state index in [2.05, 4.69) is 15.6 Å². The molecule has 3 amide bonds. The summed E-state index contributed by atoms with van der Waals surface area (Å²) in [5, 5.41) is 5.24. The first-order chi connectivity index (χ1) is 12.9. The number of imide groups is 1. The number of methoxy groups -OCH3 is 1. The van der Waals surface area contributed by atoms with Crippen LogP contribution in [0.5, 0.6) is 5.75 Å². The molecule has 0 saturated carbocycles. The highest BCUT2D eigenvalue weighted by atomic mass is 32.1. The average molecular weight is 391 g/mol. The van der Waals surface area contributed by atoms with Crippen molar-refractivity contribution >= 4 is 29.2 Å². The van der Waals surface area contributed by atoms with Crippen LogP contribution in [0.4, 0.5) is 4.79 Å². The molecule has 2 N–H and O–H groups in total. The highest BCUT2D eigenvalue weighted by Gasteiger charge is 2.19. The van der Waals surface area contributed by atoms with E-state index in [0.29, 0.717) is 22.1 Å². The molecular formula is C18H21N3O5S. The Morgan fingerprint density at radius 1 is 1.19 bits per heavy atom. The summed E-state index contributed by atoms with van der Waals surface area (Å²) in [4.78, 5) is 39.9. The van der Waals surface area contributed by atoms with E-state index in [1.807, 2.05) is 19.1 Å². The van der Waals surface area contributed by atoms with Gasteiger partial charge in [0.15, 0.2) is 6.61 Å². The first-order valence-electron chi connectivity index (χ1n) is 8.31. The van der Waals surface area contributed by atoms with Crippen molar-refractivity contribution in [1.29, 1.82) is 0 Å². The van der Waals surface area contributed by atoms with Crippen LogP contribution in [0.25, 0.3) is 10.6 Å². The molecule has 0 unspecified atom stereocenters. The van der Waals surface area contributed by atoms with Crippen LogP contribution in [0.2, 0.25) is 0 Å². The normalized spacial score (nSPS) is 10.2. The second-order valence-electron chi connectivity index (χ2n) is 5.54. The van der Waals surface area contributed by atoms with Gasteiger partial charge in [0, 0.05) is 12.1 Å². The number of nitrogens with zero attached hydrogens (tertiary/aromatic N) is 1. The van der Waals surface area contributed by atoms with Gasteiger partial charge in [-0.1, -0.05) is 6.92 Å². The predicted molar refractivity (Wildman–Crippen MR) is 101 cm³/mol. The van der Waals surface area contributed by atoms with Gasteiger partial charge in [0.05, 0.1) is 12.8 Å². The van der Waals surface area contributed by atoms with Crippen LogP contribution in [-0.4, -0.2) is 43.2 Å². The summed E-state index contributed by atoms with van der Waals surface area (Å²) in [6.45, 7) is 3.49. The molecule has 0 bridgehead atoms. The number of carbonyl (C=O) groups excluding carboxylic acids is 3. The number of nitrogens with one attached hydrogen (secondary N) is 2. The number of carbonyl (C=O) groups is 3. The molecule has 1 heterocycles. The maximum atomic E-state index is 12.2. The first kappa shape index (κ1) is 20.4. The second-order valence-corrected chi connectivity index (χ2v) is 6.54. The molecule has 0 spiro atoms. The fourth-order valence-corrected chi connectivity index (χ4v) is 3.05. The molecule has 1 aromatic carbocycles. The maximum absolute atomic E-state index is 12.2. The number of hydrogen-bond acceptors (Lipinski definition) is 7. The van der Waals surface area contributed by atoms with Gasteiger partial charge in [-0.3, -0.25) is 10.1 Å². The van der Waals surface area contributed by atoms with Crippen LogP contribution in [0, 0.1) is 6.92 Å². The molecule has 0 aliphatic heterocycles. The molecule has 0 radical (unpaired) electrons. The third-order valence-electron chi connectivity index (χ3n) is 3.44. The Balaban J connectivity index is 1.95. The van der Waals surface area contributed by atoms with Gasteiger partial charge < -0.3 is 14.8 Å². The molecule has 8 nitrogen and oxygen atoms in total. The zero-order chi connectivity index (χ0) is 19.8. The van der Waals surface area contributed by atoms with Crippen LogP contribution < -0.4 is 15.4 Å². The van der Waals surface area contributed by atoms with Crippen molar-refractivity contribution in [2.45, 2.75) is 20.3 Å². The van der Waals surface area contributed by atoms with Gasteiger partial charge in [-0.15, -0.1) is 11.3 Å². The van der Waals surface area contributed by atoms with E-state index in [0.717, 1.165) is 17.7 Å². The third kappa shape index (κ3) is 5.78. The number of urea groups is 1. The first-order valence-corrected chi connectivity index (χ1v) is 9.13. The number of thiazole rings is 1. The lowest BCUT2D eigenvalue weighted by Gasteiger charge is -2.06. The summed E-state index contributed by atoms with van der Waals surface area (Å²) in [6, 6.07) is 6.67. The van der Waals surface area contributed by atoms with E-state index in [4.69, 9.17) is 9.47 Å². The number of rotatable bonds is 7. The van der Waals surface area contributed by atoms with E-state index in [1.165, 1.54) is 11.3 Å². The number of benzene rings is 1. The van der Waals surface area contributed by atoms with Crippen LogP contribution in [0.15, 0.2) is 24.3 Å². The molecule has 2 rings (SSSR count). The summed E-state index contributed by atoms with van der Waals surface area (Å²) >= 11 is 1.17. The molecule has 0 fully saturated rings. The van der Waals surface area contributed by atoms with Crippen LogP contribution in [0.3, 0.4) is 0 Å². The molecule has 144 valence electrons. The molecule has 27 heavy (non-hydrogen) atoms. The molecule has 1 aromatic heterocycles. The molecule has 9 heteroatoms. The zero-order valence-corrected chi connectivity index (χ0v) is 16.1. The van der Waals surface area contributed by atoms with Crippen molar-refractivity contribution in [2.24, 2.45) is 0 Å². The zero-order valence-electron chi connectivity index (χ0n) is 15.3. The number of aryl methyl sites for hydroxylation is 1. The van der Waals surface area contributed by atoms with Gasteiger partial charge in [-0.25, -0.2) is 14.6 Å². The van der Waals surface area contributed by atoms with Gasteiger partial charge in [0.2, 0.25) is 0 Å². The van der Waals surface area contributed by atoms with E-state index in [-0.39, 0.29) is 0 Å². The molecule has 0 aliphatic carbocycles. The van der Waals surface area contributed by atoms with Crippen molar-refractivity contribution in [3.8, 4) is 16.3 Å². The fourth-order valence-electron chi connectivity index (χ4n) is 2.08. The Morgan fingerprint density at radius 2 is 1.89 bits per heavy atom. The highest BCUT2D eigenvalue weighted by Crippen LogP contribution is 2.29. The van der Waals surface area contributed by atoms with E-state index in [9.17, 15) is 14.4 Å². The Hall–Kier alpha value is -2.94. The van der Waals surface area contributed by atoms with Crippen molar-refractivity contribution in [3.05, 3.63) is 34.8 Å². The van der Waals surface area contributed by atoms with E-state index < -0.39 is 24.5 Å². The number of ether oxygens (including phenoxy) is 2. The quantitative estimate of drug-likeness (QED) is 0.703. The third-order valence-corrected chi connectivity index (χ3v) is 4.63. The van der Waals surface area contributed by atoms with Crippen LogP contribution in [-0.2, 0) is 9.53 Å². The fraction of sp³-hybridized carbons (Fsp3) is 0.333. The van der Waals surface area contributed by atoms with Gasteiger partial charge in [0.1, 0.15) is 15.6 Å². The average Bonchev–Trinajstić information content (AvgIpc) is 3.06. The van der Waals surface area contributed by atoms with Crippen LogP contribution in [0.1, 0.15) is 28.7 Å². The largest absolute Gasteiger partial charge is 0.497 e. The minimum absolute atomic E-state index is 0.309. The van der Waals surface area contributed by atoms with Gasteiger partial charge in [-0.05, 0) is 37.6 Å². The van der Waals surface area contributed by atoms with E-state index in [1.54, 1.807) is 26.2 Å². The SMILES string of the molecule is CCCNC(=O)NC(=O)COC(=O)c1sc(-c2ccc(OC)cc2)nc1C. The maximum Gasteiger partial charge on any atom is 0.350 e. The van der Waals surface area contributed by atoms with Gasteiger partial charge in [0.25, 0.3) is 5.91 Å². The lowest BCUT2D eigenvalue weighted by molar-refractivity contribution is -0.123. The summed E-state index contributed by atoms with van der Waals surface area (Å²) in [7, 11) is 1.58. The van der Waals surface area contributed by atoms with E-state index >= 15 is 0 Å². The molecular weight excluding hydrogens is 370 g/mol. The highest BCUT2D eigenvalue weighted by molar-refractivity contribution is 7.17. The Morgan fingerprint density at radius 3 is 2.52 bits per heavy atom. The predicted octanol–water partition coefficient (Wildman–Crippen LogP) is 2.52. The minimum Gasteiger partial charge on any atom is -0.497 e. The monoisotopic (exact) mass is 391 g/mol. The number of esters is 1. The lowest BCUT2D eigenvalue weighted by atomic mass is 10.2. The standard InChI is InChI=1S/C18H21N3O5S/c1-4-9-19-18(24)21-14(22)10-26-17(23)15-11(2)20-16(27-15)12-5-7-13(25-3)8-6-12/h5-8H,4,9-10H2,1-3H3,(H2,19,21,22,24). The number of aromatic nitrogens is 1. The number of amides is 3. The summed E-state index contributed by atoms with van der Waals surface area (Å²) < 4.78 is 10.1. The molecule has 0 aliphatic rings. The Labute approximate surface area is 160 Å². The van der Waals surface area contributed by atoms with Gasteiger partial charge in [-0.2, -0.15) is 0 Å². The molecule has 0 saturated heterocycles. The second kappa shape index (κ2) is 9.67. The van der Waals surface area contributed by atoms with Crippen molar-refractivity contribution in [1.82, 2.24) is 15.6 Å². The summed E-state index contributed by atoms with van der Waals surface area (Å²) in [6.07, 6.45) is 0.748. The Bertz CT molecular complexity index is 817. The van der Waals surface area contributed by atoms with Crippen molar-refractivity contribution in [2.75, 3.05) is 20.3 Å². The minimum atomic E-state index is -0.700. The van der Waals surface area contributed by atoms with Crippen LogP contribution >= 0.6 is 11.3 Å². The van der Waals surface area contributed by atoms with Gasteiger partial charge >= 0.3 is 12.0 Å². The molecule has 2 aromatic rings. The Kier molecular flexibility index (Phi) is 7.30. The van der Waals surface area contributed by atoms with Crippen molar-refractivity contribution < 1.29 is 23.9 Å². The lowest BCUT2D eigenvalue weighted by Crippen LogP contribution is -2.41. The number of hydrogen-bond donors (Lipinski definition) is 2. The smallest absolute Gasteiger partial charge is 0.350 e. The topological polar surface area (TPSA) is 107 Å². The summed E-state index contributed by atoms with van der Waals surface area (Å²) in [5.41, 5.74) is 1.35.